The van der Waals surface area contributed by atoms with Gasteiger partial charge in [0.1, 0.15) is 4.99 Å². The number of fused-ring (bicyclic) bond motifs is 1. The molecule has 1 aliphatic carbocycles. The minimum absolute atomic E-state index is 0.428. The molecule has 0 amide bonds. The molecule has 0 saturated carbocycles. The van der Waals surface area contributed by atoms with Crippen LogP contribution in [0.5, 0.6) is 0 Å². The van der Waals surface area contributed by atoms with Gasteiger partial charge in [0, 0.05) is 11.3 Å². The van der Waals surface area contributed by atoms with Gasteiger partial charge in [-0.15, -0.1) is 0 Å². The number of hydrogen-bond donors (Lipinski definition) is 2. The Morgan fingerprint density at radius 1 is 1.15 bits per heavy atom. The van der Waals surface area contributed by atoms with Crippen LogP contribution < -0.4 is 11.1 Å². The Morgan fingerprint density at radius 3 is 2.75 bits per heavy atom. The number of thiocarbonyl (C=S) groups is 1. The fourth-order valence-electron chi connectivity index (χ4n) is 2.83. The van der Waals surface area contributed by atoms with Gasteiger partial charge in [-0.3, -0.25) is 0 Å². The molecular formula is C17H18N2S. The second kappa shape index (κ2) is 5.25. The molecule has 2 aromatic rings. The molecule has 0 fully saturated rings. The lowest BCUT2D eigenvalue weighted by Crippen LogP contribution is -2.12. The summed E-state index contributed by atoms with van der Waals surface area (Å²) in [6.07, 6.45) is 3.65. The highest BCUT2D eigenvalue weighted by molar-refractivity contribution is 7.80. The molecule has 0 saturated heterocycles. The van der Waals surface area contributed by atoms with Gasteiger partial charge in [0.2, 0.25) is 0 Å². The third-order valence-corrected chi connectivity index (χ3v) is 4.13. The van der Waals surface area contributed by atoms with E-state index < -0.39 is 0 Å². The topological polar surface area (TPSA) is 38.0 Å². The van der Waals surface area contributed by atoms with Crippen molar-refractivity contribution in [2.24, 2.45) is 5.73 Å². The number of hydrogen-bond acceptors (Lipinski definition) is 2. The molecule has 20 heavy (non-hydrogen) atoms. The summed E-state index contributed by atoms with van der Waals surface area (Å²) in [7, 11) is 0. The molecule has 0 spiro atoms. The second-order valence-electron chi connectivity index (χ2n) is 5.32. The van der Waals surface area contributed by atoms with E-state index in [-0.39, 0.29) is 0 Å². The number of rotatable bonds is 3. The fraction of sp³-hybridized carbons (Fsp3) is 0.235. The predicted octanol–water partition coefficient (Wildman–Crippen LogP) is 3.86. The number of para-hydroxylation sites is 1. The predicted molar refractivity (Wildman–Crippen MR) is 88.8 cm³/mol. The van der Waals surface area contributed by atoms with E-state index in [9.17, 15) is 0 Å². The first-order valence-corrected chi connectivity index (χ1v) is 7.34. The Balaban J connectivity index is 1.97. The summed E-state index contributed by atoms with van der Waals surface area (Å²) < 4.78 is 0. The molecule has 0 aromatic heterocycles. The van der Waals surface area contributed by atoms with Crippen LogP contribution in [0.2, 0.25) is 0 Å². The minimum atomic E-state index is 0.428. The smallest absolute Gasteiger partial charge is 0.106 e. The Bertz CT molecular complexity index is 677. The van der Waals surface area contributed by atoms with E-state index >= 15 is 0 Å². The van der Waals surface area contributed by atoms with Gasteiger partial charge in [-0.25, -0.2) is 0 Å². The lowest BCUT2D eigenvalue weighted by atomic mass is 10.1. The van der Waals surface area contributed by atoms with Gasteiger partial charge in [0.15, 0.2) is 0 Å². The standard InChI is InChI=1S/C17H18N2S/c1-11-4-2-7-15(17(18)20)16(11)19-14-9-8-12-5-3-6-13(12)10-14/h2,4,7-10,19H,3,5-6H2,1H3,(H2,18,20). The van der Waals surface area contributed by atoms with E-state index in [1.165, 1.54) is 30.4 Å². The summed E-state index contributed by atoms with van der Waals surface area (Å²) in [4.78, 5) is 0.428. The molecule has 0 unspecified atom stereocenters. The lowest BCUT2D eigenvalue weighted by molar-refractivity contribution is 0.912. The van der Waals surface area contributed by atoms with Gasteiger partial charge in [-0.2, -0.15) is 0 Å². The second-order valence-corrected chi connectivity index (χ2v) is 5.76. The van der Waals surface area contributed by atoms with Crippen molar-refractivity contribution in [2.75, 3.05) is 5.32 Å². The van der Waals surface area contributed by atoms with Crippen molar-refractivity contribution in [1.82, 2.24) is 0 Å². The molecule has 0 radical (unpaired) electrons. The first-order valence-electron chi connectivity index (χ1n) is 6.93. The maximum Gasteiger partial charge on any atom is 0.106 e. The zero-order valence-electron chi connectivity index (χ0n) is 11.6. The Kier molecular flexibility index (Phi) is 3.45. The van der Waals surface area contributed by atoms with Crippen molar-refractivity contribution < 1.29 is 0 Å². The highest BCUT2D eigenvalue weighted by Gasteiger charge is 2.12. The Hall–Kier alpha value is -1.87. The van der Waals surface area contributed by atoms with Crippen molar-refractivity contribution in [1.29, 1.82) is 0 Å². The number of nitrogens with one attached hydrogen (secondary N) is 1. The quantitative estimate of drug-likeness (QED) is 0.840. The summed E-state index contributed by atoms with van der Waals surface area (Å²) >= 11 is 5.14. The summed E-state index contributed by atoms with van der Waals surface area (Å²) in [5.74, 6) is 0. The van der Waals surface area contributed by atoms with Crippen LogP contribution >= 0.6 is 12.2 Å². The average Bonchev–Trinajstić information content (AvgIpc) is 2.88. The maximum atomic E-state index is 5.82. The van der Waals surface area contributed by atoms with Crippen LogP contribution in [0, 0.1) is 6.92 Å². The maximum absolute atomic E-state index is 5.82. The molecule has 0 atom stereocenters. The molecule has 0 bridgehead atoms. The highest BCUT2D eigenvalue weighted by atomic mass is 32.1. The fourth-order valence-corrected chi connectivity index (χ4v) is 3.00. The SMILES string of the molecule is Cc1cccc(C(N)=S)c1Nc1ccc2c(c1)CCC2. The molecule has 1 aliphatic rings. The van der Waals surface area contributed by atoms with Gasteiger partial charge in [-0.1, -0.05) is 30.4 Å². The molecule has 3 heteroatoms. The first kappa shape index (κ1) is 13.1. The number of nitrogens with two attached hydrogens (primary N) is 1. The third kappa shape index (κ3) is 2.41. The Morgan fingerprint density at radius 2 is 1.95 bits per heavy atom. The van der Waals surface area contributed by atoms with Gasteiger partial charge in [0.05, 0.1) is 5.69 Å². The summed E-state index contributed by atoms with van der Waals surface area (Å²) in [6, 6.07) is 12.6. The highest BCUT2D eigenvalue weighted by Crippen LogP contribution is 2.29. The van der Waals surface area contributed by atoms with Crippen LogP contribution in [0.15, 0.2) is 36.4 Å². The molecule has 2 nitrogen and oxygen atoms in total. The van der Waals surface area contributed by atoms with Crippen molar-refractivity contribution in [3.8, 4) is 0 Å². The van der Waals surface area contributed by atoms with E-state index in [2.05, 4.69) is 36.5 Å². The van der Waals surface area contributed by atoms with Gasteiger partial charge >= 0.3 is 0 Å². The van der Waals surface area contributed by atoms with Crippen LogP contribution in [0.1, 0.15) is 28.7 Å². The van der Waals surface area contributed by atoms with E-state index in [1.807, 2.05) is 12.1 Å². The molecule has 0 heterocycles. The largest absolute Gasteiger partial charge is 0.389 e. The van der Waals surface area contributed by atoms with Crippen molar-refractivity contribution in [2.45, 2.75) is 26.2 Å². The van der Waals surface area contributed by atoms with E-state index in [4.69, 9.17) is 18.0 Å². The van der Waals surface area contributed by atoms with Crippen LogP contribution in [-0.2, 0) is 12.8 Å². The van der Waals surface area contributed by atoms with Crippen molar-refractivity contribution in [3.05, 3.63) is 58.7 Å². The van der Waals surface area contributed by atoms with Crippen LogP contribution in [0.25, 0.3) is 0 Å². The zero-order chi connectivity index (χ0) is 14.1. The normalized spacial score (nSPS) is 13.1. The van der Waals surface area contributed by atoms with E-state index in [1.54, 1.807) is 0 Å². The number of anilines is 2. The third-order valence-electron chi connectivity index (χ3n) is 3.91. The molecule has 0 aliphatic heterocycles. The molecule has 2 aromatic carbocycles. The average molecular weight is 282 g/mol. The Labute approximate surface area is 125 Å². The van der Waals surface area contributed by atoms with Gasteiger partial charge in [-0.05, 0) is 61.1 Å². The molecule has 3 N–H and O–H groups in total. The number of benzene rings is 2. The van der Waals surface area contributed by atoms with Crippen LogP contribution in [0.4, 0.5) is 11.4 Å². The van der Waals surface area contributed by atoms with Crippen molar-refractivity contribution in [3.63, 3.8) is 0 Å². The van der Waals surface area contributed by atoms with E-state index in [0.717, 1.165) is 22.5 Å². The molecule has 102 valence electrons. The summed E-state index contributed by atoms with van der Waals surface area (Å²) in [5, 5.41) is 3.48. The monoisotopic (exact) mass is 282 g/mol. The van der Waals surface area contributed by atoms with Crippen LogP contribution in [-0.4, -0.2) is 4.99 Å². The summed E-state index contributed by atoms with van der Waals surface area (Å²) in [6.45, 7) is 2.07. The summed E-state index contributed by atoms with van der Waals surface area (Å²) in [5.41, 5.74) is 12.9. The van der Waals surface area contributed by atoms with Crippen LogP contribution in [0.3, 0.4) is 0 Å². The lowest BCUT2D eigenvalue weighted by Gasteiger charge is -2.15. The molecule has 3 rings (SSSR count). The van der Waals surface area contributed by atoms with E-state index in [0.29, 0.717) is 4.99 Å². The van der Waals surface area contributed by atoms with Gasteiger partial charge in [0.25, 0.3) is 0 Å². The van der Waals surface area contributed by atoms with Crippen molar-refractivity contribution >= 4 is 28.6 Å². The minimum Gasteiger partial charge on any atom is -0.389 e. The molecular weight excluding hydrogens is 264 g/mol. The van der Waals surface area contributed by atoms with Gasteiger partial charge < -0.3 is 11.1 Å². The number of aryl methyl sites for hydroxylation is 3. The zero-order valence-corrected chi connectivity index (χ0v) is 12.4. The first-order chi connectivity index (χ1) is 9.65.